The predicted octanol–water partition coefficient (Wildman–Crippen LogP) is 18.5. The zero-order valence-corrected chi connectivity index (χ0v) is 70.4. The zero-order chi connectivity index (χ0) is 86.4. The standard InChI is InChI=1S/C26H22N4O2S.C25H21N5O2S.C24H20N6.C23H19N7/c1-33(31,32)22-14-8-13-21(17-22)25-28-26(27-18-19-9-4-2-5-10-19)24-23(15-16-30(24)29-25)20-11-6-3-7-12-20;1-33(31,32)21-12-7-10-19(16-21)24-28-25(27-17-20-11-5-6-14-26-20)23-22(13-15-30(23)29-24)18-8-3-2-4-9-18;1-17-10-11-19(15-26-17)23-28-24(27-16-20-9-5-6-13-25-20)22-21(12-14-30(22)29-23)18-7-3-2-4-8-18;1-16-12-18(14-24-13-16)22-28-23(27-15-20-25-9-5-10-26-20)21-19(8-11-30(21)29-22)17-6-3-2-4-7-17/h2-17H,18H2,1H3,(H,27,28,29);2-16H,17H2,1H3,(H,27,28,29);2-15H,16H2,1H3,(H,27,28,29);2-14H,15H2,1H3,(H,27,28,29). The van der Waals surface area contributed by atoms with Gasteiger partial charge in [-0.3, -0.25) is 19.9 Å². The minimum atomic E-state index is -3.35. The second-order valence-electron chi connectivity index (χ2n) is 29.4. The smallest absolute Gasteiger partial charge is 0.183 e. The third-order valence-electron chi connectivity index (χ3n) is 20.4. The van der Waals surface area contributed by atoms with Crippen LogP contribution in [0, 0.1) is 13.8 Å². The van der Waals surface area contributed by atoms with Gasteiger partial charge in [0.05, 0.1) is 40.8 Å². The van der Waals surface area contributed by atoms with Crippen LogP contribution < -0.4 is 21.3 Å². The molecule has 620 valence electrons. The molecule has 0 unspecified atom stereocenters. The third kappa shape index (κ3) is 19.4. The van der Waals surface area contributed by atoms with Gasteiger partial charge in [-0.05, 0) is 144 Å². The number of hydrogen-bond donors (Lipinski definition) is 4. The van der Waals surface area contributed by atoms with Crippen LogP contribution in [-0.2, 0) is 45.9 Å². The molecule has 0 saturated carbocycles. The van der Waals surface area contributed by atoms with E-state index < -0.39 is 19.7 Å². The van der Waals surface area contributed by atoms with Gasteiger partial charge >= 0.3 is 0 Å². The van der Waals surface area contributed by atoms with Gasteiger partial charge < -0.3 is 21.3 Å². The van der Waals surface area contributed by atoms with Crippen LogP contribution in [0.4, 0.5) is 23.3 Å². The fourth-order valence-electron chi connectivity index (χ4n) is 14.2. The van der Waals surface area contributed by atoms with E-state index in [9.17, 15) is 16.8 Å². The number of aryl methyl sites for hydroxylation is 2. The summed E-state index contributed by atoms with van der Waals surface area (Å²) >= 11 is 0. The first kappa shape index (κ1) is 82.1. The van der Waals surface area contributed by atoms with Gasteiger partial charge in [-0.25, -0.2) is 64.8 Å². The number of rotatable bonds is 22. The Kier molecular flexibility index (Phi) is 24.4. The first-order chi connectivity index (χ1) is 61.5. The summed E-state index contributed by atoms with van der Waals surface area (Å²) in [7, 11) is -6.69. The molecule has 13 heterocycles. The van der Waals surface area contributed by atoms with Crippen molar-refractivity contribution >= 4 is 65.0 Å². The Hall–Kier alpha value is -16.2. The molecule has 0 aliphatic rings. The summed E-state index contributed by atoms with van der Waals surface area (Å²) in [5.74, 6) is 5.58. The average molecular weight is 1700 g/mol. The number of anilines is 4. The number of sulfone groups is 2. The van der Waals surface area contributed by atoms with Crippen LogP contribution >= 0.6 is 0 Å². The lowest BCUT2D eigenvalue weighted by Gasteiger charge is -2.12. The van der Waals surface area contributed by atoms with Gasteiger partial charge in [-0.1, -0.05) is 188 Å². The summed E-state index contributed by atoms with van der Waals surface area (Å²) in [5, 5.41) is 32.6. The van der Waals surface area contributed by atoms with Crippen molar-refractivity contribution in [1.82, 2.24) is 88.3 Å². The van der Waals surface area contributed by atoms with E-state index in [4.69, 9.17) is 35.2 Å². The molecular formula is C98H82N22O4S2. The number of pyridine rings is 4. The Morgan fingerprint density at radius 3 is 1.02 bits per heavy atom. The Balaban J connectivity index is 0.000000119. The lowest BCUT2D eigenvalue weighted by Crippen LogP contribution is -2.09. The van der Waals surface area contributed by atoms with E-state index in [1.165, 1.54) is 12.5 Å². The van der Waals surface area contributed by atoms with Gasteiger partial charge in [0.25, 0.3) is 0 Å². The highest BCUT2D eigenvalue weighted by Crippen LogP contribution is 2.37. The lowest BCUT2D eigenvalue weighted by molar-refractivity contribution is 0.600. The van der Waals surface area contributed by atoms with Gasteiger partial charge in [-0.15, -0.1) is 20.4 Å². The van der Waals surface area contributed by atoms with Crippen molar-refractivity contribution in [1.29, 1.82) is 0 Å². The molecule has 20 aromatic rings. The maximum absolute atomic E-state index is 12.1. The Bertz CT molecular complexity index is 7180. The minimum absolute atomic E-state index is 0.226. The van der Waals surface area contributed by atoms with Gasteiger partial charge in [-0.2, -0.15) is 0 Å². The van der Waals surface area contributed by atoms with Crippen LogP contribution in [-0.4, -0.2) is 118 Å². The highest BCUT2D eigenvalue weighted by molar-refractivity contribution is 7.91. The molecule has 7 aromatic carbocycles. The molecule has 0 bridgehead atoms. The van der Waals surface area contributed by atoms with Crippen molar-refractivity contribution in [2.45, 2.75) is 49.8 Å². The molecule has 0 saturated heterocycles. The molecule has 0 aliphatic heterocycles. The number of nitrogens with one attached hydrogen (secondary N) is 4. The van der Waals surface area contributed by atoms with E-state index in [0.717, 1.165) is 118 Å². The number of hydrogen-bond acceptors (Lipinski definition) is 22. The Morgan fingerprint density at radius 2 is 0.651 bits per heavy atom. The maximum atomic E-state index is 12.1. The quantitative estimate of drug-likeness (QED) is 0.0490. The lowest BCUT2D eigenvalue weighted by atomic mass is 10.1. The molecule has 0 fully saturated rings. The summed E-state index contributed by atoms with van der Waals surface area (Å²) in [6, 6.07) is 91.7. The number of nitrogens with zero attached hydrogens (tertiary/aromatic N) is 18. The van der Waals surface area contributed by atoms with Crippen molar-refractivity contribution in [3.8, 4) is 90.1 Å². The average Bonchev–Trinajstić information content (AvgIpc) is 1.62. The molecule has 126 heavy (non-hydrogen) atoms. The minimum Gasteiger partial charge on any atom is -0.364 e. The molecule has 4 N–H and O–H groups in total. The molecule has 28 heteroatoms. The molecule has 0 spiro atoms. The summed E-state index contributed by atoms with van der Waals surface area (Å²) in [5.41, 5.74) is 20.0. The normalized spacial score (nSPS) is 11.3. The highest BCUT2D eigenvalue weighted by Gasteiger charge is 2.23. The van der Waals surface area contributed by atoms with Gasteiger partial charge in [0.15, 0.2) is 66.2 Å². The third-order valence-corrected chi connectivity index (χ3v) is 22.6. The van der Waals surface area contributed by atoms with Crippen molar-refractivity contribution < 1.29 is 16.8 Å². The van der Waals surface area contributed by atoms with Crippen LogP contribution in [0.3, 0.4) is 0 Å². The SMILES string of the molecule is CS(=O)(=O)c1cccc(-c2nc(NCc3ccccc3)c3c(-c4ccccc4)ccn3n2)c1.CS(=O)(=O)c1cccc(-c2nc(NCc3ccccn3)c3c(-c4ccccc4)ccn3n2)c1.Cc1ccc(-c2nc(NCc3ccccn3)c3c(-c4ccccc4)ccn3n2)cn1.Cc1cncc(-c2nc(NCc3ncccn3)c3c(-c4ccccc4)ccn3n2)c1. The first-order valence-corrected chi connectivity index (χ1v) is 44.1. The molecule has 0 radical (unpaired) electrons. The predicted molar refractivity (Wildman–Crippen MR) is 493 cm³/mol. The Morgan fingerprint density at radius 1 is 0.294 bits per heavy atom. The second-order valence-corrected chi connectivity index (χ2v) is 33.5. The number of benzene rings is 7. The molecule has 26 nitrogen and oxygen atoms in total. The van der Waals surface area contributed by atoms with Gasteiger partial charge in [0, 0.05) is 137 Å². The fraction of sp³-hybridized carbons (Fsp3) is 0.0816. The summed E-state index contributed by atoms with van der Waals surface area (Å²) in [4.78, 5) is 45.9. The van der Waals surface area contributed by atoms with E-state index in [0.29, 0.717) is 78.1 Å². The molecule has 13 aromatic heterocycles. The van der Waals surface area contributed by atoms with Crippen LogP contribution in [0.25, 0.3) is 112 Å². The molecule has 20 rings (SSSR count). The van der Waals surface area contributed by atoms with Crippen LogP contribution in [0.5, 0.6) is 0 Å². The van der Waals surface area contributed by atoms with Crippen molar-refractivity contribution in [2.75, 3.05) is 33.8 Å². The summed E-state index contributed by atoms with van der Waals surface area (Å²) in [6.45, 7) is 6.07. The van der Waals surface area contributed by atoms with Crippen LogP contribution in [0.15, 0.2) is 363 Å². The van der Waals surface area contributed by atoms with Crippen molar-refractivity contribution in [3.05, 3.63) is 387 Å². The summed E-state index contributed by atoms with van der Waals surface area (Å²) < 4.78 is 55.5. The second kappa shape index (κ2) is 37.4. The molecular weight excluding hydrogens is 1610 g/mol. The number of aromatic nitrogens is 18. The van der Waals surface area contributed by atoms with Gasteiger partial charge in [0.2, 0.25) is 0 Å². The van der Waals surface area contributed by atoms with Crippen molar-refractivity contribution in [2.24, 2.45) is 0 Å². The van der Waals surface area contributed by atoms with Crippen LogP contribution in [0.2, 0.25) is 0 Å². The number of fused-ring (bicyclic) bond motifs is 4. The monoisotopic (exact) mass is 1690 g/mol. The van der Waals surface area contributed by atoms with E-state index >= 15 is 0 Å². The zero-order valence-electron chi connectivity index (χ0n) is 68.8. The highest BCUT2D eigenvalue weighted by atomic mass is 32.2. The first-order valence-electron chi connectivity index (χ1n) is 40.3. The van der Waals surface area contributed by atoms with E-state index in [-0.39, 0.29) is 9.79 Å². The topological polar surface area (TPSA) is 314 Å². The van der Waals surface area contributed by atoms with Crippen molar-refractivity contribution in [3.63, 3.8) is 0 Å². The van der Waals surface area contributed by atoms with Gasteiger partial charge in [0.1, 0.15) is 27.9 Å². The Labute approximate surface area is 726 Å². The molecule has 0 aliphatic carbocycles. The molecule has 0 amide bonds. The van der Waals surface area contributed by atoms with Crippen LogP contribution in [0.1, 0.15) is 34.0 Å². The van der Waals surface area contributed by atoms with E-state index in [1.807, 2.05) is 230 Å². The largest absolute Gasteiger partial charge is 0.364 e. The van der Waals surface area contributed by atoms with E-state index in [2.05, 4.69) is 117 Å². The summed E-state index contributed by atoms with van der Waals surface area (Å²) in [6.07, 6.45) is 22.5. The van der Waals surface area contributed by atoms with E-state index in [1.54, 1.807) is 94.7 Å². The fourth-order valence-corrected chi connectivity index (χ4v) is 15.5. The maximum Gasteiger partial charge on any atom is 0.183 e. The molecule has 0 atom stereocenters.